The van der Waals surface area contributed by atoms with Crippen LogP contribution in [0.5, 0.6) is 0 Å². The fourth-order valence-corrected chi connectivity index (χ4v) is 5.24. The number of benzene rings is 2. The zero-order valence-electron chi connectivity index (χ0n) is 18.0. The molecule has 0 radical (unpaired) electrons. The van der Waals surface area contributed by atoms with Crippen LogP contribution in [-0.2, 0) is 16.0 Å². The second-order valence-corrected chi connectivity index (χ2v) is 9.88. The van der Waals surface area contributed by atoms with Crippen LogP contribution in [0.3, 0.4) is 0 Å². The van der Waals surface area contributed by atoms with Crippen molar-refractivity contribution < 1.29 is 9.53 Å². The second kappa shape index (κ2) is 8.99. The van der Waals surface area contributed by atoms with Crippen molar-refractivity contribution in [3.63, 3.8) is 0 Å². The zero-order valence-corrected chi connectivity index (χ0v) is 20.1. The van der Waals surface area contributed by atoms with Crippen LogP contribution in [0.4, 0.5) is 0 Å². The van der Waals surface area contributed by atoms with Gasteiger partial charge in [-0.05, 0) is 75.9 Å². The molecule has 0 amide bonds. The van der Waals surface area contributed by atoms with E-state index >= 15 is 0 Å². The van der Waals surface area contributed by atoms with Crippen LogP contribution in [0.1, 0.15) is 36.5 Å². The van der Waals surface area contributed by atoms with Gasteiger partial charge in [-0.15, -0.1) is 0 Å². The quantitative estimate of drug-likeness (QED) is 0.243. The van der Waals surface area contributed by atoms with Gasteiger partial charge in [-0.2, -0.15) is 0 Å². The highest BCUT2D eigenvalue weighted by molar-refractivity contribution is 14.1. The van der Waals surface area contributed by atoms with E-state index in [1.165, 1.54) is 25.8 Å². The summed E-state index contributed by atoms with van der Waals surface area (Å²) >= 11 is 2.34. The topological polar surface area (TPSA) is 26.3 Å². The van der Waals surface area contributed by atoms with Crippen molar-refractivity contribution >= 4 is 34.1 Å². The Bertz CT molecular complexity index is 1110. The molecule has 0 N–H and O–H groups in total. The molecule has 0 bridgehead atoms. The molecule has 0 saturated carbocycles. The number of esters is 1. The molecule has 1 aliphatic heterocycles. The van der Waals surface area contributed by atoms with Crippen molar-refractivity contribution in [2.75, 3.05) is 6.61 Å². The Hall–Kier alpha value is -2.40. The van der Waals surface area contributed by atoms with E-state index in [1.807, 2.05) is 6.08 Å². The number of carbonyl (C=O) groups excluding carboxylic acids is 1. The van der Waals surface area contributed by atoms with Gasteiger partial charge in [-0.25, -0.2) is 0 Å². The van der Waals surface area contributed by atoms with Crippen molar-refractivity contribution in [3.8, 4) is 0 Å². The summed E-state index contributed by atoms with van der Waals surface area (Å²) in [5.74, 6) is -0.0279. The Kier molecular flexibility index (Phi) is 6.33. The molecule has 3 unspecified atom stereocenters. The van der Waals surface area contributed by atoms with E-state index in [4.69, 9.17) is 4.74 Å². The Balaban J connectivity index is 1.65. The van der Waals surface area contributed by atoms with Gasteiger partial charge in [0.2, 0.25) is 0 Å². The van der Waals surface area contributed by atoms with Crippen LogP contribution >= 0.6 is 22.6 Å². The van der Waals surface area contributed by atoms with Gasteiger partial charge in [-0.3, -0.25) is 4.79 Å². The summed E-state index contributed by atoms with van der Waals surface area (Å²) in [5.41, 5.74) is 5.78. The zero-order chi connectivity index (χ0) is 22.0. The number of allylic oxidation sites excluding steroid dienone is 7. The summed E-state index contributed by atoms with van der Waals surface area (Å²) in [6, 6.07) is 16.9. The number of hydrogen-bond acceptors (Lipinski definition) is 2. The Labute approximate surface area is 198 Å². The number of ether oxygens (including phenoxy) is 1. The van der Waals surface area contributed by atoms with Crippen molar-refractivity contribution in [2.24, 2.45) is 11.3 Å². The molecule has 1 saturated heterocycles. The fraction of sp³-hybridized carbons (Fsp3) is 0.250. The summed E-state index contributed by atoms with van der Waals surface area (Å²) in [4.78, 5) is 12.4. The predicted molar refractivity (Wildman–Crippen MR) is 136 cm³/mol. The van der Waals surface area contributed by atoms with Crippen molar-refractivity contribution in [1.29, 1.82) is 0 Å². The molecule has 0 spiro atoms. The normalized spacial score (nSPS) is 25.8. The van der Waals surface area contributed by atoms with E-state index in [0.717, 1.165) is 12.0 Å². The lowest BCUT2D eigenvalue weighted by Crippen LogP contribution is -2.39. The monoisotopic (exact) mass is 522 g/mol. The van der Waals surface area contributed by atoms with Gasteiger partial charge in [0.05, 0.1) is 12.5 Å². The van der Waals surface area contributed by atoms with Gasteiger partial charge < -0.3 is 4.74 Å². The minimum atomic E-state index is -0.222. The summed E-state index contributed by atoms with van der Waals surface area (Å²) in [5, 5.41) is 0. The Morgan fingerprint density at radius 1 is 1.19 bits per heavy atom. The molecule has 1 heterocycles. The van der Waals surface area contributed by atoms with Crippen LogP contribution in [-0.4, -0.2) is 12.6 Å². The summed E-state index contributed by atoms with van der Waals surface area (Å²) in [6.45, 7) is 8.78. The lowest BCUT2D eigenvalue weighted by atomic mass is 9.60. The molecular formula is C28H27IO2. The van der Waals surface area contributed by atoms with Crippen LogP contribution in [0.25, 0.3) is 5.57 Å². The minimum Gasteiger partial charge on any atom is -0.465 e. The molecule has 2 nitrogen and oxygen atoms in total. The smallest absolute Gasteiger partial charge is 0.310 e. The van der Waals surface area contributed by atoms with Gasteiger partial charge in [0.25, 0.3) is 0 Å². The first kappa shape index (κ1) is 21.8. The molecule has 3 atom stereocenters. The van der Waals surface area contributed by atoms with Crippen LogP contribution in [0, 0.1) is 14.9 Å². The van der Waals surface area contributed by atoms with E-state index in [0.29, 0.717) is 6.61 Å². The van der Waals surface area contributed by atoms with Gasteiger partial charge in [0.15, 0.2) is 0 Å². The molecule has 4 rings (SSSR count). The fourth-order valence-electron chi connectivity index (χ4n) is 4.69. The molecule has 158 valence electrons. The van der Waals surface area contributed by atoms with Gasteiger partial charge in [0.1, 0.15) is 0 Å². The molecule has 3 heteroatoms. The average molecular weight is 522 g/mol. The number of fused-ring (bicyclic) bond motifs is 2. The van der Waals surface area contributed by atoms with E-state index in [1.54, 1.807) is 0 Å². The van der Waals surface area contributed by atoms with Crippen LogP contribution < -0.4 is 0 Å². The van der Waals surface area contributed by atoms with Gasteiger partial charge in [-0.1, -0.05) is 80.3 Å². The average Bonchev–Trinajstić information content (AvgIpc) is 3.07. The molecule has 2 aromatic carbocycles. The highest BCUT2D eigenvalue weighted by Crippen LogP contribution is 2.53. The van der Waals surface area contributed by atoms with Crippen LogP contribution in [0.15, 0.2) is 91.1 Å². The highest BCUT2D eigenvalue weighted by Gasteiger charge is 2.54. The number of carbonyl (C=O) groups is 1. The standard InChI is InChI=1S/C28H27IO2/c1-4-20(13-12-19(2)21-9-7-10-23(29)16-21)14-15-25-24-11-6-5-8-22(24)17-26-27(30)31-18-28(25,26)3/h4-16,25-26H,1,17-18H2,2-3H3/b15-14+,19-12+,20-13+. The molecule has 31 heavy (non-hydrogen) atoms. The number of hydrogen-bond donors (Lipinski definition) is 0. The first-order chi connectivity index (χ1) is 14.9. The van der Waals surface area contributed by atoms with E-state index < -0.39 is 0 Å². The van der Waals surface area contributed by atoms with Gasteiger partial charge in [0, 0.05) is 14.9 Å². The Morgan fingerprint density at radius 2 is 2.00 bits per heavy atom. The first-order valence-electron chi connectivity index (χ1n) is 10.6. The lowest BCUT2D eigenvalue weighted by molar-refractivity contribution is -0.141. The first-order valence-corrected chi connectivity index (χ1v) is 11.7. The maximum Gasteiger partial charge on any atom is 0.310 e. The molecular weight excluding hydrogens is 495 g/mol. The molecule has 1 aliphatic carbocycles. The van der Waals surface area contributed by atoms with Gasteiger partial charge >= 0.3 is 5.97 Å². The van der Waals surface area contributed by atoms with E-state index in [-0.39, 0.29) is 23.2 Å². The summed E-state index contributed by atoms with van der Waals surface area (Å²) in [6.07, 6.45) is 11.2. The minimum absolute atomic E-state index is 0.0639. The number of cyclic esters (lactones) is 1. The second-order valence-electron chi connectivity index (χ2n) is 8.64. The number of halogens is 1. The Morgan fingerprint density at radius 3 is 2.77 bits per heavy atom. The van der Waals surface area contributed by atoms with Crippen LogP contribution in [0.2, 0.25) is 0 Å². The van der Waals surface area contributed by atoms with E-state index in [2.05, 4.69) is 116 Å². The third-order valence-corrected chi connectivity index (χ3v) is 7.32. The molecule has 0 aromatic heterocycles. The van der Waals surface area contributed by atoms with Crippen molar-refractivity contribution in [3.05, 3.63) is 111 Å². The third-order valence-electron chi connectivity index (χ3n) is 6.65. The molecule has 2 aliphatic rings. The molecule has 2 aromatic rings. The highest BCUT2D eigenvalue weighted by atomic mass is 127. The SMILES string of the molecule is C=CC(/C=C/C1c2ccccc2CC2C(=O)OCC21C)=C\C=C(/C)c1cccc(I)c1. The largest absolute Gasteiger partial charge is 0.465 e. The maximum absolute atomic E-state index is 12.4. The molecule has 1 fully saturated rings. The number of rotatable bonds is 5. The summed E-state index contributed by atoms with van der Waals surface area (Å²) in [7, 11) is 0. The third kappa shape index (κ3) is 4.33. The lowest BCUT2D eigenvalue weighted by Gasteiger charge is -2.40. The maximum atomic E-state index is 12.4. The van der Waals surface area contributed by atoms with Crippen molar-refractivity contribution in [2.45, 2.75) is 26.2 Å². The van der Waals surface area contributed by atoms with Crippen molar-refractivity contribution in [1.82, 2.24) is 0 Å². The van der Waals surface area contributed by atoms with E-state index in [9.17, 15) is 4.79 Å². The predicted octanol–water partition coefficient (Wildman–Crippen LogP) is 6.88. The summed E-state index contributed by atoms with van der Waals surface area (Å²) < 4.78 is 6.74.